The summed E-state index contributed by atoms with van der Waals surface area (Å²) in [4.78, 5) is 4.52. The lowest BCUT2D eigenvalue weighted by molar-refractivity contribution is 0.125. The van der Waals surface area contributed by atoms with E-state index in [-0.39, 0.29) is 0 Å². The smallest absolute Gasteiger partial charge is 0.191 e. The van der Waals surface area contributed by atoms with E-state index in [2.05, 4.69) is 46.8 Å². The van der Waals surface area contributed by atoms with Crippen LogP contribution in [0.25, 0.3) is 0 Å². The largest absolute Gasteiger partial charge is 0.375 e. The predicted octanol–water partition coefficient (Wildman–Crippen LogP) is 3.07. The quantitative estimate of drug-likeness (QED) is 0.415. The summed E-state index contributed by atoms with van der Waals surface area (Å²) in [7, 11) is 0. The molecule has 2 aromatic rings. The average Bonchev–Trinajstić information content (AvgIpc) is 3.09. The zero-order valence-corrected chi connectivity index (χ0v) is 15.3. The Morgan fingerprint density at radius 1 is 1.24 bits per heavy atom. The highest BCUT2D eigenvalue weighted by molar-refractivity contribution is 5.79. The number of hydrogen-bond acceptors (Lipinski definition) is 4. The maximum absolute atomic E-state index is 5.67. The van der Waals surface area contributed by atoms with Gasteiger partial charge in [0.15, 0.2) is 11.7 Å². The van der Waals surface area contributed by atoms with Crippen molar-refractivity contribution < 1.29 is 9.26 Å². The third kappa shape index (κ3) is 6.97. The number of benzene rings is 1. The Morgan fingerprint density at radius 3 is 2.72 bits per heavy atom. The van der Waals surface area contributed by atoms with Gasteiger partial charge in [0.25, 0.3) is 0 Å². The maximum Gasteiger partial charge on any atom is 0.191 e. The van der Waals surface area contributed by atoms with Crippen molar-refractivity contribution in [1.29, 1.82) is 0 Å². The molecule has 0 saturated carbocycles. The van der Waals surface area contributed by atoms with Gasteiger partial charge in [-0.3, -0.25) is 0 Å². The van der Waals surface area contributed by atoms with E-state index in [0.717, 1.165) is 24.0 Å². The Morgan fingerprint density at radius 2 is 2.04 bits per heavy atom. The highest BCUT2D eigenvalue weighted by Gasteiger charge is 2.07. The van der Waals surface area contributed by atoms with E-state index in [4.69, 9.17) is 9.26 Å². The maximum atomic E-state index is 5.67. The van der Waals surface area contributed by atoms with Crippen LogP contribution in [0.4, 0.5) is 0 Å². The van der Waals surface area contributed by atoms with Gasteiger partial charge in [0.1, 0.15) is 6.54 Å². The lowest BCUT2D eigenvalue weighted by Crippen LogP contribution is -2.38. The molecule has 0 aliphatic heterocycles. The molecule has 0 aliphatic carbocycles. The summed E-state index contributed by atoms with van der Waals surface area (Å²) < 4.78 is 11.0. The number of nitrogens with zero attached hydrogens (tertiary/aromatic N) is 2. The lowest BCUT2D eigenvalue weighted by atomic mass is 10.1. The first kappa shape index (κ1) is 19.0. The fourth-order valence-electron chi connectivity index (χ4n) is 2.18. The highest BCUT2D eigenvalue weighted by atomic mass is 16.5. The highest BCUT2D eigenvalue weighted by Crippen LogP contribution is 2.14. The molecule has 1 heterocycles. The minimum atomic E-state index is 0.356. The number of rotatable bonds is 9. The summed E-state index contributed by atoms with van der Waals surface area (Å²) in [5.41, 5.74) is 2.13. The lowest BCUT2D eigenvalue weighted by Gasteiger charge is -2.11. The number of aromatic nitrogens is 1. The van der Waals surface area contributed by atoms with Crippen LogP contribution in [0.3, 0.4) is 0 Å². The monoisotopic (exact) mass is 344 g/mol. The molecule has 0 amide bonds. The van der Waals surface area contributed by atoms with Gasteiger partial charge in [0.05, 0.1) is 18.9 Å². The van der Waals surface area contributed by atoms with Crippen LogP contribution in [-0.2, 0) is 17.9 Å². The van der Waals surface area contributed by atoms with E-state index in [9.17, 15) is 0 Å². The van der Waals surface area contributed by atoms with E-state index in [1.165, 1.54) is 5.56 Å². The third-order valence-corrected chi connectivity index (χ3v) is 3.56. The Hall–Kier alpha value is -2.34. The van der Waals surface area contributed by atoms with Gasteiger partial charge in [-0.15, -0.1) is 0 Å². The molecular formula is C19H28N4O2. The molecule has 25 heavy (non-hydrogen) atoms. The van der Waals surface area contributed by atoms with Crippen LogP contribution in [-0.4, -0.2) is 30.8 Å². The van der Waals surface area contributed by atoms with E-state index >= 15 is 0 Å². The third-order valence-electron chi connectivity index (χ3n) is 3.56. The minimum Gasteiger partial charge on any atom is -0.375 e. The number of nitrogens with one attached hydrogen (secondary N) is 2. The van der Waals surface area contributed by atoms with Crippen molar-refractivity contribution in [2.24, 2.45) is 4.99 Å². The Kier molecular flexibility index (Phi) is 7.98. The minimum absolute atomic E-state index is 0.356. The van der Waals surface area contributed by atoms with Gasteiger partial charge in [0, 0.05) is 19.2 Å². The first-order chi connectivity index (χ1) is 12.2. The van der Waals surface area contributed by atoms with Crippen molar-refractivity contribution in [3.05, 3.63) is 53.4 Å². The van der Waals surface area contributed by atoms with Gasteiger partial charge < -0.3 is 19.9 Å². The summed E-state index contributed by atoms with van der Waals surface area (Å²) in [6, 6.07) is 12.1. The summed E-state index contributed by atoms with van der Waals surface area (Å²) in [5, 5.41) is 10.5. The molecule has 6 nitrogen and oxygen atoms in total. The summed E-state index contributed by atoms with van der Waals surface area (Å²) in [6.45, 7) is 9.38. The predicted molar refractivity (Wildman–Crippen MR) is 99.5 cm³/mol. The fraction of sp³-hybridized carbons (Fsp3) is 0.474. The topological polar surface area (TPSA) is 71.7 Å². The van der Waals surface area contributed by atoms with Gasteiger partial charge in [-0.05, 0) is 18.4 Å². The van der Waals surface area contributed by atoms with Gasteiger partial charge in [-0.25, -0.2) is 4.99 Å². The van der Waals surface area contributed by atoms with Crippen LogP contribution >= 0.6 is 0 Å². The zero-order valence-electron chi connectivity index (χ0n) is 15.3. The first-order valence-electron chi connectivity index (χ1n) is 8.78. The van der Waals surface area contributed by atoms with E-state index in [1.54, 1.807) is 0 Å². The molecule has 0 unspecified atom stereocenters. The molecule has 6 heteroatoms. The van der Waals surface area contributed by atoms with Gasteiger partial charge in [-0.1, -0.05) is 49.3 Å². The van der Waals surface area contributed by atoms with Crippen LogP contribution in [0, 0.1) is 0 Å². The summed E-state index contributed by atoms with van der Waals surface area (Å²) >= 11 is 0. The zero-order chi connectivity index (χ0) is 17.9. The Bertz CT molecular complexity index is 638. The van der Waals surface area contributed by atoms with Crippen LogP contribution < -0.4 is 10.6 Å². The standard InChI is InChI=1S/C19H28N4O2/c1-4-20-19(22-13-17-12-18(15(2)3)23-25-17)21-10-11-24-14-16-8-6-5-7-9-16/h5-9,12,15H,4,10-11,13-14H2,1-3H3,(H2,20,21,22). The van der Waals surface area contributed by atoms with Crippen molar-refractivity contribution in [3.63, 3.8) is 0 Å². The second-order valence-corrected chi connectivity index (χ2v) is 6.03. The number of ether oxygens (including phenoxy) is 1. The molecule has 2 N–H and O–H groups in total. The van der Waals surface area contributed by atoms with Gasteiger partial charge in [-0.2, -0.15) is 0 Å². The van der Waals surface area contributed by atoms with Crippen LogP contribution in [0.2, 0.25) is 0 Å². The Labute approximate surface area is 149 Å². The van der Waals surface area contributed by atoms with Gasteiger partial charge >= 0.3 is 0 Å². The van der Waals surface area contributed by atoms with Crippen molar-refractivity contribution >= 4 is 5.96 Å². The van der Waals surface area contributed by atoms with Gasteiger partial charge in [0.2, 0.25) is 0 Å². The Balaban J connectivity index is 1.73. The SMILES string of the molecule is CCNC(=NCc1cc(C(C)C)no1)NCCOCc1ccccc1. The second-order valence-electron chi connectivity index (χ2n) is 6.03. The molecule has 0 aliphatic rings. The molecule has 0 radical (unpaired) electrons. The van der Waals surface area contributed by atoms with Crippen molar-refractivity contribution in [1.82, 2.24) is 15.8 Å². The summed E-state index contributed by atoms with van der Waals surface area (Å²) in [5.74, 6) is 1.86. The molecule has 136 valence electrons. The molecule has 0 bridgehead atoms. The molecule has 0 atom stereocenters. The van der Waals surface area contributed by atoms with E-state index in [1.807, 2.05) is 31.2 Å². The van der Waals surface area contributed by atoms with Crippen LogP contribution in [0.15, 0.2) is 45.9 Å². The van der Waals surface area contributed by atoms with E-state index < -0.39 is 0 Å². The number of aliphatic imine (C=N–C) groups is 1. The molecule has 1 aromatic carbocycles. The van der Waals surface area contributed by atoms with Crippen molar-refractivity contribution in [2.75, 3.05) is 19.7 Å². The van der Waals surface area contributed by atoms with Crippen LogP contribution in [0.5, 0.6) is 0 Å². The fourth-order valence-corrected chi connectivity index (χ4v) is 2.18. The van der Waals surface area contributed by atoms with Crippen LogP contribution in [0.1, 0.15) is 43.7 Å². The number of hydrogen-bond donors (Lipinski definition) is 2. The first-order valence-corrected chi connectivity index (χ1v) is 8.78. The van der Waals surface area contributed by atoms with E-state index in [0.29, 0.717) is 32.2 Å². The van der Waals surface area contributed by atoms with Crippen molar-refractivity contribution in [3.8, 4) is 0 Å². The summed E-state index contributed by atoms with van der Waals surface area (Å²) in [6.07, 6.45) is 0. The average molecular weight is 344 g/mol. The normalized spacial score (nSPS) is 11.8. The molecule has 0 saturated heterocycles. The second kappa shape index (κ2) is 10.5. The molecule has 1 aromatic heterocycles. The molecule has 0 fully saturated rings. The molecule has 0 spiro atoms. The molecule has 2 rings (SSSR count). The molecular weight excluding hydrogens is 316 g/mol. The number of guanidine groups is 1. The van der Waals surface area contributed by atoms with Crippen molar-refractivity contribution in [2.45, 2.75) is 39.8 Å².